The van der Waals surface area contributed by atoms with Gasteiger partial charge in [-0.15, -0.1) is 0 Å². The second-order valence-corrected chi connectivity index (χ2v) is 5.17. The zero-order valence-electron chi connectivity index (χ0n) is 13.5. The zero-order valence-corrected chi connectivity index (χ0v) is 13.5. The Morgan fingerprint density at radius 1 is 0.526 bits per heavy atom. The van der Waals surface area contributed by atoms with Gasteiger partial charge in [0, 0.05) is 0 Å². The van der Waals surface area contributed by atoms with Gasteiger partial charge in [-0.1, -0.05) is 48.1 Å². The highest BCUT2D eigenvalue weighted by atomic mass is 14.0. The standard InChI is InChI=1S/C19H28/c1-8-9-10-16(4)18(6)13-14-19(7)17(5)12-11-15(2)3/h8-14H,1-7H3/b9-8-,16-10+,17-12+,18-13+,19-14+. The quantitative estimate of drug-likeness (QED) is 0.505. The molecule has 0 atom stereocenters. The molecule has 0 radical (unpaired) electrons. The van der Waals surface area contributed by atoms with Gasteiger partial charge in [-0.25, -0.2) is 0 Å². The predicted molar refractivity (Wildman–Crippen MR) is 89.3 cm³/mol. The van der Waals surface area contributed by atoms with Crippen molar-refractivity contribution in [3.8, 4) is 0 Å². The first kappa shape index (κ1) is 17.4. The van der Waals surface area contributed by atoms with Crippen LogP contribution in [0.1, 0.15) is 48.5 Å². The molecular formula is C19H28. The van der Waals surface area contributed by atoms with E-state index in [4.69, 9.17) is 0 Å². The van der Waals surface area contributed by atoms with Gasteiger partial charge in [-0.2, -0.15) is 0 Å². The van der Waals surface area contributed by atoms with Gasteiger partial charge in [-0.05, 0) is 70.8 Å². The molecule has 0 fully saturated rings. The Labute approximate surface area is 119 Å². The third kappa shape index (κ3) is 8.20. The Morgan fingerprint density at radius 3 is 1.26 bits per heavy atom. The largest absolute Gasteiger partial charge is 0.0877 e. The maximum absolute atomic E-state index is 2.19. The van der Waals surface area contributed by atoms with E-state index in [0.717, 1.165) is 0 Å². The van der Waals surface area contributed by atoms with Crippen LogP contribution in [0.3, 0.4) is 0 Å². The third-order valence-corrected chi connectivity index (χ3v) is 3.03. The Hall–Kier alpha value is -1.56. The lowest BCUT2D eigenvalue weighted by molar-refractivity contribution is 1.31. The van der Waals surface area contributed by atoms with Gasteiger partial charge < -0.3 is 0 Å². The number of hydrogen-bond donors (Lipinski definition) is 0. The summed E-state index contributed by atoms with van der Waals surface area (Å²) in [6.45, 7) is 14.8. The average molecular weight is 256 g/mol. The van der Waals surface area contributed by atoms with E-state index in [9.17, 15) is 0 Å². The van der Waals surface area contributed by atoms with Gasteiger partial charge in [0.1, 0.15) is 0 Å². The van der Waals surface area contributed by atoms with Crippen molar-refractivity contribution in [1.29, 1.82) is 0 Å². The molecule has 0 bridgehead atoms. The van der Waals surface area contributed by atoms with Gasteiger partial charge in [0.25, 0.3) is 0 Å². The summed E-state index contributed by atoms with van der Waals surface area (Å²) < 4.78 is 0. The van der Waals surface area contributed by atoms with Crippen molar-refractivity contribution in [3.05, 3.63) is 70.4 Å². The summed E-state index contributed by atoms with van der Waals surface area (Å²) in [4.78, 5) is 0. The average Bonchev–Trinajstić information content (AvgIpc) is 2.38. The van der Waals surface area contributed by atoms with E-state index in [1.807, 2.05) is 13.0 Å². The first-order chi connectivity index (χ1) is 8.88. The molecule has 0 rings (SSSR count). The Kier molecular flexibility index (Phi) is 8.61. The number of allylic oxidation sites excluding steroid dienone is 12. The topological polar surface area (TPSA) is 0 Å². The highest BCUT2D eigenvalue weighted by molar-refractivity contribution is 5.38. The van der Waals surface area contributed by atoms with Gasteiger partial charge in [0.2, 0.25) is 0 Å². The van der Waals surface area contributed by atoms with E-state index in [2.05, 4.69) is 78.0 Å². The maximum Gasteiger partial charge on any atom is -0.0395 e. The molecule has 0 aromatic carbocycles. The fraction of sp³-hybridized carbons (Fsp3) is 0.368. The molecule has 104 valence electrons. The van der Waals surface area contributed by atoms with Crippen molar-refractivity contribution in [2.45, 2.75) is 48.5 Å². The van der Waals surface area contributed by atoms with Gasteiger partial charge in [-0.3, -0.25) is 0 Å². The van der Waals surface area contributed by atoms with Crippen molar-refractivity contribution < 1.29 is 0 Å². The highest BCUT2D eigenvalue weighted by Gasteiger charge is 1.92. The molecule has 0 aliphatic rings. The number of rotatable bonds is 5. The van der Waals surface area contributed by atoms with E-state index in [-0.39, 0.29) is 0 Å². The Balaban J connectivity index is 4.97. The highest BCUT2D eigenvalue weighted by Crippen LogP contribution is 2.13. The molecule has 0 saturated heterocycles. The summed E-state index contributed by atoms with van der Waals surface area (Å²) in [6.07, 6.45) is 15.0. The smallest absolute Gasteiger partial charge is 0.0395 e. The lowest BCUT2D eigenvalue weighted by Gasteiger charge is -2.01. The van der Waals surface area contributed by atoms with Crippen LogP contribution in [-0.4, -0.2) is 0 Å². The van der Waals surface area contributed by atoms with Crippen molar-refractivity contribution in [2.75, 3.05) is 0 Å². The van der Waals surface area contributed by atoms with Crippen LogP contribution in [0.15, 0.2) is 70.4 Å². The lowest BCUT2D eigenvalue weighted by Crippen LogP contribution is -1.81. The minimum absolute atomic E-state index is 1.30. The molecule has 0 saturated carbocycles. The van der Waals surface area contributed by atoms with Gasteiger partial charge >= 0.3 is 0 Å². The van der Waals surface area contributed by atoms with Crippen LogP contribution in [0, 0.1) is 0 Å². The molecule has 0 heterocycles. The van der Waals surface area contributed by atoms with E-state index in [0.29, 0.717) is 0 Å². The molecule has 0 aromatic rings. The zero-order chi connectivity index (χ0) is 14.8. The van der Waals surface area contributed by atoms with Crippen molar-refractivity contribution in [3.63, 3.8) is 0 Å². The van der Waals surface area contributed by atoms with Gasteiger partial charge in [0.05, 0.1) is 0 Å². The summed E-state index contributed by atoms with van der Waals surface area (Å²) in [5.74, 6) is 0. The summed E-state index contributed by atoms with van der Waals surface area (Å²) >= 11 is 0. The molecule has 0 spiro atoms. The molecule has 0 heteroatoms. The molecule has 0 unspecified atom stereocenters. The van der Waals surface area contributed by atoms with Crippen LogP contribution in [0.2, 0.25) is 0 Å². The predicted octanol–water partition coefficient (Wildman–Crippen LogP) is 6.31. The second kappa shape index (κ2) is 9.38. The van der Waals surface area contributed by atoms with Gasteiger partial charge in [0.15, 0.2) is 0 Å². The first-order valence-corrected chi connectivity index (χ1v) is 6.85. The van der Waals surface area contributed by atoms with E-state index in [1.54, 1.807) is 0 Å². The fourth-order valence-electron chi connectivity index (χ4n) is 1.31. The van der Waals surface area contributed by atoms with Crippen molar-refractivity contribution in [2.24, 2.45) is 0 Å². The maximum atomic E-state index is 2.19. The Bertz CT molecular complexity index is 456. The summed E-state index contributed by atoms with van der Waals surface area (Å²) in [5.41, 5.74) is 6.53. The van der Waals surface area contributed by atoms with Crippen LogP contribution in [-0.2, 0) is 0 Å². The molecule has 0 aromatic heterocycles. The normalized spacial score (nSPS) is 15.1. The molecule has 0 N–H and O–H groups in total. The molecule has 0 nitrogen and oxygen atoms in total. The van der Waals surface area contributed by atoms with E-state index in [1.165, 1.54) is 27.9 Å². The number of hydrogen-bond acceptors (Lipinski definition) is 0. The Morgan fingerprint density at radius 2 is 0.895 bits per heavy atom. The summed E-state index contributed by atoms with van der Waals surface area (Å²) in [6, 6.07) is 0. The molecule has 0 aliphatic carbocycles. The second-order valence-electron chi connectivity index (χ2n) is 5.17. The van der Waals surface area contributed by atoms with Crippen LogP contribution in [0.5, 0.6) is 0 Å². The minimum Gasteiger partial charge on any atom is -0.0877 e. The molecule has 19 heavy (non-hydrogen) atoms. The van der Waals surface area contributed by atoms with Crippen LogP contribution < -0.4 is 0 Å². The van der Waals surface area contributed by atoms with Crippen molar-refractivity contribution in [1.82, 2.24) is 0 Å². The lowest BCUT2D eigenvalue weighted by atomic mass is 10.0. The molecule has 0 amide bonds. The van der Waals surface area contributed by atoms with E-state index < -0.39 is 0 Å². The van der Waals surface area contributed by atoms with Crippen LogP contribution in [0.4, 0.5) is 0 Å². The molecular weight excluding hydrogens is 228 g/mol. The fourth-order valence-corrected chi connectivity index (χ4v) is 1.31. The first-order valence-electron chi connectivity index (χ1n) is 6.85. The third-order valence-electron chi connectivity index (χ3n) is 3.03. The van der Waals surface area contributed by atoms with Crippen LogP contribution in [0.25, 0.3) is 0 Å². The monoisotopic (exact) mass is 256 g/mol. The molecule has 0 aliphatic heterocycles. The van der Waals surface area contributed by atoms with Crippen molar-refractivity contribution >= 4 is 0 Å². The SMILES string of the molecule is C\C=C/C=C(C)/C(C)=C/C=C(C)/C(C)=C/C=C(C)C. The van der Waals surface area contributed by atoms with Crippen LogP contribution >= 0.6 is 0 Å². The summed E-state index contributed by atoms with van der Waals surface area (Å²) in [7, 11) is 0. The minimum atomic E-state index is 1.30. The summed E-state index contributed by atoms with van der Waals surface area (Å²) in [5, 5.41) is 0. The van der Waals surface area contributed by atoms with E-state index >= 15 is 0 Å².